The minimum Gasteiger partial charge on any atom is -0.315 e. The van der Waals surface area contributed by atoms with E-state index in [0.717, 1.165) is 19.4 Å². The topological polar surface area (TPSA) is 12.0 Å². The Kier molecular flexibility index (Phi) is 5.80. The monoisotopic (exact) mass is 315 g/mol. The molecule has 1 aromatic carbocycles. The second-order valence-electron chi connectivity index (χ2n) is 5.95. The van der Waals surface area contributed by atoms with Crippen LogP contribution in [0.4, 0.5) is 4.39 Å². The van der Waals surface area contributed by atoms with E-state index in [-0.39, 0.29) is 11.2 Å². The third-order valence-corrected chi connectivity index (χ3v) is 3.63. The fourth-order valence-corrected chi connectivity index (χ4v) is 2.42. The largest absolute Gasteiger partial charge is 0.315 e. The summed E-state index contributed by atoms with van der Waals surface area (Å²) >= 11 is 3.24. The predicted molar refractivity (Wildman–Crippen MR) is 79.3 cm³/mol. The quantitative estimate of drug-likeness (QED) is 0.812. The lowest BCUT2D eigenvalue weighted by Crippen LogP contribution is -2.28. The van der Waals surface area contributed by atoms with E-state index in [4.69, 9.17) is 0 Å². The van der Waals surface area contributed by atoms with Crippen molar-refractivity contribution >= 4 is 15.9 Å². The number of benzene rings is 1. The number of nitrogens with one attached hydrogen (secondary N) is 1. The van der Waals surface area contributed by atoms with Gasteiger partial charge >= 0.3 is 0 Å². The number of rotatable bonds is 6. The van der Waals surface area contributed by atoms with Crippen molar-refractivity contribution in [2.45, 2.75) is 46.6 Å². The second kappa shape index (κ2) is 6.67. The molecule has 0 bridgehead atoms. The Morgan fingerprint density at radius 1 is 1.33 bits per heavy atom. The summed E-state index contributed by atoms with van der Waals surface area (Å²) in [5, 5.41) is 3.44. The second-order valence-corrected chi connectivity index (χ2v) is 6.80. The van der Waals surface area contributed by atoms with Crippen LogP contribution >= 0.6 is 15.9 Å². The molecule has 0 radical (unpaired) electrons. The summed E-state index contributed by atoms with van der Waals surface area (Å²) in [6, 6.07) is 5.81. The summed E-state index contributed by atoms with van der Waals surface area (Å²) in [5.41, 5.74) is 1.40. The number of hydrogen-bond acceptors (Lipinski definition) is 1. The molecule has 0 spiro atoms. The molecule has 0 amide bonds. The summed E-state index contributed by atoms with van der Waals surface area (Å²) in [4.78, 5) is 0. The van der Waals surface area contributed by atoms with Crippen molar-refractivity contribution in [1.29, 1.82) is 0 Å². The minimum atomic E-state index is -0.196. The Morgan fingerprint density at radius 2 is 2.00 bits per heavy atom. The molecule has 0 saturated heterocycles. The third-order valence-electron chi connectivity index (χ3n) is 3.02. The van der Waals surface area contributed by atoms with Gasteiger partial charge < -0.3 is 5.32 Å². The molecule has 1 rings (SSSR count). The summed E-state index contributed by atoms with van der Waals surface area (Å²) in [6.07, 6.45) is 2.08. The molecule has 0 aromatic heterocycles. The highest BCUT2D eigenvalue weighted by Crippen LogP contribution is 2.27. The van der Waals surface area contributed by atoms with E-state index < -0.39 is 0 Å². The molecule has 0 saturated carbocycles. The molecule has 0 heterocycles. The highest BCUT2D eigenvalue weighted by Gasteiger charge is 2.18. The number of hydrogen-bond donors (Lipinski definition) is 1. The van der Waals surface area contributed by atoms with Gasteiger partial charge in [0.25, 0.3) is 0 Å². The maximum absolute atomic E-state index is 13.2. The van der Waals surface area contributed by atoms with Gasteiger partial charge in [0.05, 0.1) is 4.47 Å². The lowest BCUT2D eigenvalue weighted by Gasteiger charge is -2.25. The first kappa shape index (κ1) is 15.6. The van der Waals surface area contributed by atoms with Crippen molar-refractivity contribution in [3.05, 3.63) is 34.1 Å². The maximum atomic E-state index is 13.2. The van der Waals surface area contributed by atoms with E-state index >= 15 is 0 Å². The van der Waals surface area contributed by atoms with Crippen LogP contribution in [0.2, 0.25) is 0 Å². The predicted octanol–water partition coefficient (Wildman–Crippen LogP) is 4.55. The normalized spacial score (nSPS) is 12.2. The van der Waals surface area contributed by atoms with Gasteiger partial charge in [0.2, 0.25) is 0 Å². The van der Waals surface area contributed by atoms with Gasteiger partial charge in [-0.15, -0.1) is 0 Å². The van der Waals surface area contributed by atoms with Crippen LogP contribution in [0.15, 0.2) is 22.7 Å². The molecule has 102 valence electrons. The van der Waals surface area contributed by atoms with Gasteiger partial charge in [-0.3, -0.25) is 0 Å². The van der Waals surface area contributed by atoms with Crippen molar-refractivity contribution in [2.24, 2.45) is 5.41 Å². The summed E-state index contributed by atoms with van der Waals surface area (Å²) in [5.74, 6) is -0.196. The molecule has 18 heavy (non-hydrogen) atoms. The Balaban J connectivity index is 2.55. The van der Waals surface area contributed by atoms with Crippen LogP contribution in [0, 0.1) is 11.2 Å². The molecule has 0 atom stereocenters. The van der Waals surface area contributed by atoms with E-state index in [2.05, 4.69) is 48.9 Å². The first-order valence-corrected chi connectivity index (χ1v) is 7.27. The molecular weight excluding hydrogens is 293 g/mol. The van der Waals surface area contributed by atoms with Crippen molar-refractivity contribution < 1.29 is 4.39 Å². The van der Waals surface area contributed by atoms with Gasteiger partial charge in [-0.05, 0) is 58.4 Å². The standard InChI is InChI=1S/C15H23BrFN/c1-11(2)18-8-7-15(3,4)10-12-5-6-14(17)13(16)9-12/h5-6,9,11,18H,7-8,10H2,1-4H3. The molecule has 0 aliphatic carbocycles. The number of halogens is 2. The average Bonchev–Trinajstić information content (AvgIpc) is 2.22. The van der Waals surface area contributed by atoms with E-state index in [0.29, 0.717) is 10.5 Å². The molecule has 0 fully saturated rings. The van der Waals surface area contributed by atoms with Crippen LogP contribution < -0.4 is 5.32 Å². The zero-order valence-corrected chi connectivity index (χ0v) is 13.3. The van der Waals surface area contributed by atoms with Crippen LogP contribution in [-0.2, 0) is 6.42 Å². The zero-order chi connectivity index (χ0) is 13.8. The molecule has 1 nitrogen and oxygen atoms in total. The summed E-state index contributed by atoms with van der Waals surface area (Å²) in [6.45, 7) is 9.85. The Labute approximate surface area is 118 Å². The zero-order valence-electron chi connectivity index (χ0n) is 11.7. The Bertz CT molecular complexity index is 388. The average molecular weight is 316 g/mol. The van der Waals surface area contributed by atoms with Crippen LogP contribution in [-0.4, -0.2) is 12.6 Å². The highest BCUT2D eigenvalue weighted by molar-refractivity contribution is 9.10. The maximum Gasteiger partial charge on any atom is 0.137 e. The Hall–Kier alpha value is -0.410. The van der Waals surface area contributed by atoms with Gasteiger partial charge in [0.15, 0.2) is 0 Å². The molecule has 1 aromatic rings. The summed E-state index contributed by atoms with van der Waals surface area (Å²) < 4.78 is 13.7. The molecule has 3 heteroatoms. The van der Waals surface area contributed by atoms with Gasteiger partial charge in [-0.25, -0.2) is 4.39 Å². The lowest BCUT2D eigenvalue weighted by molar-refractivity contribution is 0.320. The molecule has 0 unspecified atom stereocenters. The van der Waals surface area contributed by atoms with E-state index in [1.165, 1.54) is 11.6 Å². The van der Waals surface area contributed by atoms with E-state index in [1.807, 2.05) is 12.1 Å². The third kappa shape index (κ3) is 5.49. The van der Waals surface area contributed by atoms with Gasteiger partial charge in [0.1, 0.15) is 5.82 Å². The van der Waals surface area contributed by atoms with Gasteiger partial charge in [0, 0.05) is 6.04 Å². The van der Waals surface area contributed by atoms with Crippen molar-refractivity contribution in [1.82, 2.24) is 5.32 Å². The van der Waals surface area contributed by atoms with Crippen molar-refractivity contribution in [2.75, 3.05) is 6.54 Å². The van der Waals surface area contributed by atoms with Crippen LogP contribution in [0.25, 0.3) is 0 Å². The molecular formula is C15H23BrFN. The minimum absolute atomic E-state index is 0.196. The fraction of sp³-hybridized carbons (Fsp3) is 0.600. The van der Waals surface area contributed by atoms with Crippen LogP contribution in [0.1, 0.15) is 39.7 Å². The van der Waals surface area contributed by atoms with Gasteiger partial charge in [-0.2, -0.15) is 0 Å². The highest BCUT2D eigenvalue weighted by atomic mass is 79.9. The lowest BCUT2D eigenvalue weighted by atomic mass is 9.82. The van der Waals surface area contributed by atoms with Crippen LogP contribution in [0.3, 0.4) is 0 Å². The van der Waals surface area contributed by atoms with Crippen molar-refractivity contribution in [3.63, 3.8) is 0 Å². The SMILES string of the molecule is CC(C)NCCC(C)(C)Cc1ccc(F)c(Br)c1. The molecule has 0 aliphatic rings. The molecule has 0 aliphatic heterocycles. The van der Waals surface area contributed by atoms with Crippen LogP contribution in [0.5, 0.6) is 0 Å². The fourth-order valence-electron chi connectivity index (χ4n) is 1.99. The van der Waals surface area contributed by atoms with Gasteiger partial charge in [-0.1, -0.05) is 33.8 Å². The molecule has 1 N–H and O–H groups in total. The smallest absolute Gasteiger partial charge is 0.137 e. The summed E-state index contributed by atoms with van der Waals surface area (Å²) in [7, 11) is 0. The van der Waals surface area contributed by atoms with E-state index in [1.54, 1.807) is 0 Å². The first-order chi connectivity index (χ1) is 8.30. The van der Waals surface area contributed by atoms with E-state index in [9.17, 15) is 4.39 Å². The first-order valence-electron chi connectivity index (χ1n) is 6.47. The Morgan fingerprint density at radius 3 is 2.56 bits per heavy atom. The van der Waals surface area contributed by atoms with Crippen molar-refractivity contribution in [3.8, 4) is 0 Å².